The lowest BCUT2D eigenvalue weighted by atomic mass is 9.98. The van der Waals surface area contributed by atoms with Crippen molar-refractivity contribution in [2.45, 2.75) is 19.9 Å². The van der Waals surface area contributed by atoms with E-state index in [-0.39, 0.29) is 6.04 Å². The highest BCUT2D eigenvalue weighted by molar-refractivity contribution is 5.64. The standard InChI is InChI=1S/C23H22N2O2/c1-16-17(2)24-27-23(16)25-21(10-7-11-22(25)26-3)20-14-12-19(13-15-20)18-8-5-4-6-9-18/h4-15,21H,1-3H3. The van der Waals surface area contributed by atoms with Gasteiger partial charge in [0, 0.05) is 5.56 Å². The van der Waals surface area contributed by atoms with E-state index in [1.54, 1.807) is 7.11 Å². The second kappa shape index (κ2) is 7.16. The van der Waals surface area contributed by atoms with E-state index >= 15 is 0 Å². The normalized spacial score (nSPS) is 16.3. The van der Waals surface area contributed by atoms with Crippen molar-refractivity contribution < 1.29 is 9.26 Å². The summed E-state index contributed by atoms with van der Waals surface area (Å²) >= 11 is 0. The van der Waals surface area contributed by atoms with Gasteiger partial charge >= 0.3 is 0 Å². The van der Waals surface area contributed by atoms with Crippen LogP contribution in [0.25, 0.3) is 11.1 Å². The third kappa shape index (κ3) is 3.14. The average Bonchev–Trinajstić information content (AvgIpc) is 3.06. The number of allylic oxidation sites excluding steroid dienone is 2. The van der Waals surface area contributed by atoms with Crippen LogP contribution in [-0.2, 0) is 4.74 Å². The smallest absolute Gasteiger partial charge is 0.237 e. The van der Waals surface area contributed by atoms with Crippen molar-refractivity contribution in [3.05, 3.63) is 95.5 Å². The van der Waals surface area contributed by atoms with Gasteiger partial charge in [-0.25, -0.2) is 0 Å². The van der Waals surface area contributed by atoms with Crippen molar-refractivity contribution in [2.24, 2.45) is 0 Å². The molecule has 2 aromatic carbocycles. The van der Waals surface area contributed by atoms with Gasteiger partial charge in [0.2, 0.25) is 5.88 Å². The van der Waals surface area contributed by atoms with Crippen LogP contribution in [-0.4, -0.2) is 12.3 Å². The van der Waals surface area contributed by atoms with Crippen molar-refractivity contribution in [1.82, 2.24) is 5.16 Å². The first-order valence-electron chi connectivity index (χ1n) is 8.99. The van der Waals surface area contributed by atoms with Crippen LogP contribution >= 0.6 is 0 Å². The summed E-state index contributed by atoms with van der Waals surface area (Å²) in [4.78, 5) is 2.05. The zero-order chi connectivity index (χ0) is 18.8. The average molecular weight is 358 g/mol. The maximum absolute atomic E-state index is 5.63. The van der Waals surface area contributed by atoms with E-state index in [2.05, 4.69) is 59.8 Å². The number of aromatic nitrogens is 1. The largest absolute Gasteiger partial charge is 0.482 e. The number of anilines is 1. The zero-order valence-electron chi connectivity index (χ0n) is 15.7. The van der Waals surface area contributed by atoms with Gasteiger partial charge in [0.15, 0.2) is 5.88 Å². The number of nitrogens with zero attached hydrogens (tertiary/aromatic N) is 2. The van der Waals surface area contributed by atoms with E-state index in [0.717, 1.165) is 22.7 Å². The number of ether oxygens (including phenoxy) is 1. The Labute approximate surface area is 159 Å². The predicted molar refractivity (Wildman–Crippen MR) is 107 cm³/mol. The quantitative estimate of drug-likeness (QED) is 0.612. The lowest BCUT2D eigenvalue weighted by molar-refractivity contribution is 0.264. The van der Waals surface area contributed by atoms with Gasteiger partial charge in [-0.3, -0.25) is 4.90 Å². The molecule has 0 N–H and O–H groups in total. The van der Waals surface area contributed by atoms with Crippen LogP contribution in [0.5, 0.6) is 0 Å². The molecule has 2 heterocycles. The molecule has 0 saturated heterocycles. The SMILES string of the molecule is COC1=CC=CC(c2ccc(-c3ccccc3)cc2)N1c1onc(C)c1C. The molecule has 1 atom stereocenters. The molecule has 136 valence electrons. The van der Waals surface area contributed by atoms with Crippen molar-refractivity contribution in [2.75, 3.05) is 12.0 Å². The number of hydrogen-bond donors (Lipinski definition) is 0. The Morgan fingerprint density at radius 2 is 1.67 bits per heavy atom. The number of aryl methyl sites for hydroxylation is 1. The van der Waals surface area contributed by atoms with Gasteiger partial charge in [0.05, 0.1) is 18.8 Å². The van der Waals surface area contributed by atoms with Gasteiger partial charge < -0.3 is 9.26 Å². The van der Waals surface area contributed by atoms with Crippen LogP contribution in [0.4, 0.5) is 5.88 Å². The highest BCUT2D eigenvalue weighted by Gasteiger charge is 2.30. The topological polar surface area (TPSA) is 38.5 Å². The lowest BCUT2D eigenvalue weighted by Crippen LogP contribution is -2.29. The monoisotopic (exact) mass is 358 g/mol. The molecule has 3 aromatic rings. The first kappa shape index (κ1) is 17.2. The zero-order valence-corrected chi connectivity index (χ0v) is 15.7. The van der Waals surface area contributed by atoms with E-state index < -0.39 is 0 Å². The van der Waals surface area contributed by atoms with Crippen LogP contribution in [0, 0.1) is 13.8 Å². The first-order valence-corrected chi connectivity index (χ1v) is 8.99. The minimum atomic E-state index is -0.0270. The third-order valence-electron chi connectivity index (χ3n) is 4.97. The summed E-state index contributed by atoms with van der Waals surface area (Å²) in [5.41, 5.74) is 5.45. The minimum Gasteiger partial charge on any atom is -0.482 e. The molecule has 1 aromatic heterocycles. The summed E-state index contributed by atoms with van der Waals surface area (Å²) in [6.45, 7) is 3.96. The lowest BCUT2D eigenvalue weighted by Gasteiger charge is -2.32. The van der Waals surface area contributed by atoms with Gasteiger partial charge in [0.1, 0.15) is 0 Å². The van der Waals surface area contributed by atoms with Crippen molar-refractivity contribution in [3.63, 3.8) is 0 Å². The van der Waals surface area contributed by atoms with E-state index in [4.69, 9.17) is 9.26 Å². The van der Waals surface area contributed by atoms with Crippen LogP contribution in [0.2, 0.25) is 0 Å². The molecule has 0 aliphatic carbocycles. The number of hydrogen-bond acceptors (Lipinski definition) is 4. The van der Waals surface area contributed by atoms with E-state index in [9.17, 15) is 0 Å². The van der Waals surface area contributed by atoms with Crippen molar-refractivity contribution in [1.29, 1.82) is 0 Å². The summed E-state index contributed by atoms with van der Waals surface area (Å²) in [6.07, 6.45) is 6.09. The van der Waals surface area contributed by atoms with E-state index in [1.807, 2.05) is 37.0 Å². The highest BCUT2D eigenvalue weighted by Crippen LogP contribution is 2.37. The van der Waals surface area contributed by atoms with Crippen LogP contribution in [0.15, 0.2) is 83.2 Å². The molecule has 4 rings (SSSR count). The van der Waals surface area contributed by atoms with Crippen LogP contribution in [0.1, 0.15) is 22.9 Å². The Bertz CT molecular complexity index is 985. The van der Waals surface area contributed by atoms with E-state index in [0.29, 0.717) is 5.88 Å². The number of rotatable bonds is 4. The van der Waals surface area contributed by atoms with E-state index in [1.165, 1.54) is 11.1 Å². The Kier molecular flexibility index (Phi) is 4.55. The van der Waals surface area contributed by atoms with Crippen LogP contribution < -0.4 is 4.90 Å². The van der Waals surface area contributed by atoms with Gasteiger partial charge in [-0.05, 0) is 36.6 Å². The van der Waals surface area contributed by atoms with Gasteiger partial charge in [0.25, 0.3) is 0 Å². The highest BCUT2D eigenvalue weighted by atomic mass is 16.5. The molecule has 1 unspecified atom stereocenters. The van der Waals surface area contributed by atoms with Crippen molar-refractivity contribution >= 4 is 5.88 Å². The third-order valence-corrected chi connectivity index (χ3v) is 4.97. The minimum absolute atomic E-state index is 0.0270. The molecule has 27 heavy (non-hydrogen) atoms. The molecule has 0 saturated carbocycles. The van der Waals surface area contributed by atoms with Crippen molar-refractivity contribution in [3.8, 4) is 11.1 Å². The molecule has 4 nitrogen and oxygen atoms in total. The van der Waals surface area contributed by atoms with Crippen LogP contribution in [0.3, 0.4) is 0 Å². The maximum Gasteiger partial charge on any atom is 0.237 e. The molecule has 0 bridgehead atoms. The molecule has 1 aliphatic rings. The fourth-order valence-corrected chi connectivity index (χ4v) is 3.33. The molecule has 0 radical (unpaired) electrons. The summed E-state index contributed by atoms with van der Waals surface area (Å²) in [5.74, 6) is 1.44. The molecular formula is C23H22N2O2. The Morgan fingerprint density at radius 3 is 2.30 bits per heavy atom. The summed E-state index contributed by atoms with van der Waals surface area (Å²) in [7, 11) is 1.67. The summed E-state index contributed by atoms with van der Waals surface area (Å²) in [6, 6.07) is 19.0. The van der Waals surface area contributed by atoms with Gasteiger partial charge in [-0.2, -0.15) is 0 Å². The summed E-state index contributed by atoms with van der Waals surface area (Å²) in [5, 5.41) is 4.12. The van der Waals surface area contributed by atoms with Gasteiger partial charge in [-0.1, -0.05) is 71.9 Å². The molecule has 0 spiro atoms. The molecule has 0 fully saturated rings. The Balaban J connectivity index is 1.72. The predicted octanol–water partition coefficient (Wildman–Crippen LogP) is 5.56. The second-order valence-electron chi connectivity index (χ2n) is 6.59. The summed E-state index contributed by atoms with van der Waals surface area (Å²) < 4.78 is 11.2. The van der Waals surface area contributed by atoms with Gasteiger partial charge in [-0.15, -0.1) is 0 Å². The molecule has 4 heteroatoms. The second-order valence-corrected chi connectivity index (χ2v) is 6.59. The fourth-order valence-electron chi connectivity index (χ4n) is 3.33. The first-order chi connectivity index (χ1) is 13.2. The molecule has 0 amide bonds. The Morgan fingerprint density at radius 1 is 0.963 bits per heavy atom. The molecule has 1 aliphatic heterocycles. The molecular weight excluding hydrogens is 336 g/mol. The number of methoxy groups -OCH3 is 1. The maximum atomic E-state index is 5.63. The number of benzene rings is 2. The Hall–Kier alpha value is -3.27. The fraction of sp³-hybridized carbons (Fsp3) is 0.174.